The summed E-state index contributed by atoms with van der Waals surface area (Å²) >= 11 is 0. The molecule has 0 saturated heterocycles. The molecule has 8 heteroatoms. The van der Waals surface area contributed by atoms with Gasteiger partial charge in [-0.1, -0.05) is 12.1 Å². The largest absolute Gasteiger partial charge is 0.364 e. The van der Waals surface area contributed by atoms with Gasteiger partial charge < -0.3 is 10.00 Å². The first-order chi connectivity index (χ1) is 7.02. The number of para-hydroxylation sites is 1. The monoisotopic (exact) mass is 233 g/mol. The number of aliphatic hydroxyl groups is 1. The van der Waals surface area contributed by atoms with Crippen molar-refractivity contribution in [3.63, 3.8) is 0 Å². The summed E-state index contributed by atoms with van der Waals surface area (Å²) in [7, 11) is -3.35. The van der Waals surface area contributed by atoms with Crippen molar-refractivity contribution < 1.29 is 24.0 Å². The van der Waals surface area contributed by atoms with E-state index in [2.05, 4.69) is 4.52 Å². The molecule has 0 radical (unpaired) electrons. The molecule has 0 heterocycles. The Bertz CT molecular complexity index is 395. The SMILES string of the molecule is O=[N+]([O-])c1ccccc1C(O)O[PH](=O)O. The highest BCUT2D eigenvalue weighted by molar-refractivity contribution is 7.32. The summed E-state index contributed by atoms with van der Waals surface area (Å²) in [6.07, 6.45) is -1.78. The van der Waals surface area contributed by atoms with Gasteiger partial charge in [0, 0.05) is 6.07 Å². The Balaban J connectivity index is 3.02. The number of rotatable bonds is 4. The molecule has 2 N–H and O–H groups in total. The molecule has 1 rings (SSSR count). The quantitative estimate of drug-likeness (QED) is 0.347. The number of aliphatic hydroxyl groups excluding tert-OH is 1. The number of hydrogen-bond acceptors (Lipinski definition) is 5. The highest BCUT2D eigenvalue weighted by Crippen LogP contribution is 2.31. The lowest BCUT2D eigenvalue weighted by Gasteiger charge is -2.09. The molecule has 0 spiro atoms. The molecule has 7 nitrogen and oxygen atoms in total. The van der Waals surface area contributed by atoms with Crippen LogP contribution >= 0.6 is 8.25 Å². The summed E-state index contributed by atoms with van der Waals surface area (Å²) < 4.78 is 14.5. The topological polar surface area (TPSA) is 110 Å². The molecule has 0 bridgehead atoms. The van der Waals surface area contributed by atoms with E-state index < -0.39 is 19.5 Å². The summed E-state index contributed by atoms with van der Waals surface area (Å²) in [5.41, 5.74) is -0.525. The minimum atomic E-state index is -3.35. The summed E-state index contributed by atoms with van der Waals surface area (Å²) in [5.74, 6) is 0. The predicted molar refractivity (Wildman–Crippen MR) is 50.4 cm³/mol. The maximum absolute atomic E-state index is 10.5. The van der Waals surface area contributed by atoms with E-state index in [0.29, 0.717) is 0 Å². The van der Waals surface area contributed by atoms with Gasteiger partial charge in [-0.3, -0.25) is 19.2 Å². The zero-order valence-electron chi connectivity index (χ0n) is 7.36. The number of hydrogen-bond donors (Lipinski definition) is 2. The second-order valence-electron chi connectivity index (χ2n) is 2.55. The van der Waals surface area contributed by atoms with Gasteiger partial charge in [0.05, 0.1) is 10.5 Å². The molecule has 2 atom stereocenters. The van der Waals surface area contributed by atoms with Crippen LogP contribution in [0.2, 0.25) is 0 Å². The lowest BCUT2D eigenvalue weighted by atomic mass is 10.2. The van der Waals surface area contributed by atoms with Gasteiger partial charge in [-0.15, -0.1) is 0 Å². The summed E-state index contributed by atoms with van der Waals surface area (Å²) in [5, 5.41) is 19.8. The first kappa shape index (κ1) is 11.8. The van der Waals surface area contributed by atoms with Crippen LogP contribution in [0.25, 0.3) is 0 Å². The van der Waals surface area contributed by atoms with Crippen LogP contribution in [0.15, 0.2) is 24.3 Å². The molecule has 0 aliphatic carbocycles. The average molecular weight is 233 g/mol. The van der Waals surface area contributed by atoms with Crippen LogP contribution in [0.1, 0.15) is 11.9 Å². The second-order valence-corrected chi connectivity index (χ2v) is 3.32. The van der Waals surface area contributed by atoms with Crippen LogP contribution in [0.3, 0.4) is 0 Å². The molecule has 1 aromatic carbocycles. The maximum Gasteiger partial charge on any atom is 0.319 e. The van der Waals surface area contributed by atoms with Gasteiger partial charge >= 0.3 is 8.25 Å². The number of benzene rings is 1. The maximum atomic E-state index is 10.5. The van der Waals surface area contributed by atoms with Gasteiger partial charge in [0.15, 0.2) is 6.29 Å². The van der Waals surface area contributed by atoms with Crippen molar-refractivity contribution in [2.75, 3.05) is 0 Å². The molecule has 0 fully saturated rings. The predicted octanol–water partition coefficient (Wildman–Crippen LogP) is 0.984. The number of nitro benzene ring substituents is 1. The third-order valence-electron chi connectivity index (χ3n) is 1.61. The van der Waals surface area contributed by atoms with Gasteiger partial charge in [-0.2, -0.15) is 0 Å². The van der Waals surface area contributed by atoms with Crippen LogP contribution < -0.4 is 0 Å². The minimum Gasteiger partial charge on any atom is -0.364 e. The van der Waals surface area contributed by atoms with Crippen molar-refractivity contribution in [1.29, 1.82) is 0 Å². The first-order valence-corrected chi connectivity index (χ1v) is 5.09. The Morgan fingerprint density at radius 3 is 2.60 bits per heavy atom. The van der Waals surface area contributed by atoms with E-state index >= 15 is 0 Å². The Labute approximate surface area is 85.0 Å². The fourth-order valence-corrected chi connectivity index (χ4v) is 1.34. The van der Waals surface area contributed by atoms with Gasteiger partial charge in [-0.25, -0.2) is 0 Å². The molecule has 0 aliphatic heterocycles. The van der Waals surface area contributed by atoms with Crippen molar-refractivity contribution in [1.82, 2.24) is 0 Å². The molecule has 1 aromatic rings. The first-order valence-electron chi connectivity index (χ1n) is 3.83. The fourth-order valence-electron chi connectivity index (χ4n) is 1.02. The lowest BCUT2D eigenvalue weighted by Crippen LogP contribution is -2.02. The highest BCUT2D eigenvalue weighted by atomic mass is 31.1. The van der Waals surface area contributed by atoms with Gasteiger partial charge in [0.2, 0.25) is 0 Å². The normalized spacial score (nSPS) is 14.5. The van der Waals surface area contributed by atoms with Crippen molar-refractivity contribution in [3.8, 4) is 0 Å². The van der Waals surface area contributed by atoms with Gasteiger partial charge in [0.25, 0.3) is 5.69 Å². The smallest absolute Gasteiger partial charge is 0.319 e. The highest BCUT2D eigenvalue weighted by Gasteiger charge is 2.21. The van der Waals surface area contributed by atoms with Crippen LogP contribution in [0.5, 0.6) is 0 Å². The van der Waals surface area contributed by atoms with Gasteiger partial charge in [0.1, 0.15) is 0 Å². The number of nitrogens with zero attached hydrogens (tertiary/aromatic N) is 1. The van der Waals surface area contributed by atoms with E-state index in [9.17, 15) is 19.8 Å². The van der Waals surface area contributed by atoms with E-state index in [1.54, 1.807) is 0 Å². The minimum absolute atomic E-state index is 0.157. The molecule has 0 amide bonds. The zero-order valence-corrected chi connectivity index (χ0v) is 8.36. The van der Waals surface area contributed by atoms with Crippen LogP contribution in [0.4, 0.5) is 5.69 Å². The summed E-state index contributed by atoms with van der Waals surface area (Å²) in [4.78, 5) is 18.2. The Hall–Kier alpha value is -1.27. The standard InChI is InChI=1S/C7H8NO6P/c9-7(14-15(12)13)5-3-1-2-4-6(5)8(10)11/h1-4,7,9,15H,(H,12,13). The zero-order chi connectivity index (χ0) is 11.4. The molecule has 82 valence electrons. The lowest BCUT2D eigenvalue weighted by molar-refractivity contribution is -0.386. The Kier molecular flexibility index (Phi) is 3.93. The van der Waals surface area contributed by atoms with E-state index in [0.717, 1.165) is 6.07 Å². The van der Waals surface area contributed by atoms with Crippen LogP contribution in [-0.4, -0.2) is 14.9 Å². The van der Waals surface area contributed by atoms with Crippen LogP contribution in [0, 0.1) is 10.1 Å². The molecule has 2 unspecified atom stereocenters. The van der Waals surface area contributed by atoms with Crippen molar-refractivity contribution >= 4 is 13.9 Å². The summed E-state index contributed by atoms with van der Waals surface area (Å²) in [6, 6.07) is 5.27. The van der Waals surface area contributed by atoms with Crippen LogP contribution in [-0.2, 0) is 9.09 Å². The van der Waals surface area contributed by atoms with E-state index in [4.69, 9.17) is 4.89 Å². The fraction of sp³-hybridized carbons (Fsp3) is 0.143. The molecular weight excluding hydrogens is 225 g/mol. The number of nitro groups is 1. The van der Waals surface area contributed by atoms with Crippen molar-refractivity contribution in [2.24, 2.45) is 0 Å². The molecule has 0 aliphatic rings. The molecule has 15 heavy (non-hydrogen) atoms. The van der Waals surface area contributed by atoms with Crippen molar-refractivity contribution in [3.05, 3.63) is 39.9 Å². The van der Waals surface area contributed by atoms with E-state index in [-0.39, 0.29) is 11.3 Å². The Morgan fingerprint density at radius 1 is 1.47 bits per heavy atom. The molecule has 0 saturated carbocycles. The van der Waals surface area contributed by atoms with Gasteiger partial charge in [-0.05, 0) is 6.07 Å². The van der Waals surface area contributed by atoms with E-state index in [1.165, 1.54) is 18.2 Å². The summed E-state index contributed by atoms with van der Waals surface area (Å²) in [6.45, 7) is 0. The van der Waals surface area contributed by atoms with Crippen molar-refractivity contribution in [2.45, 2.75) is 6.29 Å². The van der Waals surface area contributed by atoms with E-state index in [1.807, 2.05) is 0 Å². The third kappa shape index (κ3) is 3.10. The second kappa shape index (κ2) is 4.99. The third-order valence-corrected chi connectivity index (χ3v) is 2.04. The molecular formula is C7H8NO6P. The average Bonchev–Trinajstić information content (AvgIpc) is 2.16. The molecule has 0 aromatic heterocycles. The Morgan fingerprint density at radius 2 is 2.07 bits per heavy atom.